The Hall–Kier alpha value is -4.24. The minimum Gasteiger partial charge on any atom is -0.486 e. The number of aliphatic carboxylic acids is 1. The number of ether oxygens (including phenoxy) is 2. The Labute approximate surface area is 230 Å². The van der Waals surface area contributed by atoms with Crippen molar-refractivity contribution < 1.29 is 29.0 Å². The van der Waals surface area contributed by atoms with Crippen molar-refractivity contribution in [2.24, 2.45) is 11.8 Å². The van der Waals surface area contributed by atoms with Crippen molar-refractivity contribution >= 4 is 40.9 Å². The maximum absolute atomic E-state index is 13.4. The number of hydrogen-bond donors (Lipinski definition) is 3. The van der Waals surface area contributed by atoms with Gasteiger partial charge in [-0.25, -0.2) is 0 Å². The van der Waals surface area contributed by atoms with Crippen LogP contribution in [0.25, 0.3) is 0 Å². The molecule has 0 saturated carbocycles. The lowest BCUT2D eigenvalue weighted by Gasteiger charge is -2.24. The third-order valence-corrected chi connectivity index (χ3v) is 7.88. The highest BCUT2D eigenvalue weighted by Gasteiger charge is 2.34. The van der Waals surface area contributed by atoms with Crippen LogP contribution in [0.4, 0.5) is 11.4 Å². The maximum atomic E-state index is 13.4. The van der Waals surface area contributed by atoms with Gasteiger partial charge in [0.25, 0.3) is 0 Å². The Bertz CT molecular complexity index is 1380. The van der Waals surface area contributed by atoms with Crippen LogP contribution in [0.2, 0.25) is 0 Å². The number of nitrogens with one attached hydrogen (secondary N) is 2. The van der Waals surface area contributed by atoms with Gasteiger partial charge in [0.1, 0.15) is 18.5 Å². The molecule has 0 aromatic heterocycles. The number of benzene rings is 3. The third-order valence-electron chi connectivity index (χ3n) is 6.61. The summed E-state index contributed by atoms with van der Waals surface area (Å²) in [5, 5.41) is 14.8. The molecule has 9 heteroatoms. The average Bonchev–Trinajstić information content (AvgIpc) is 2.97. The first-order chi connectivity index (χ1) is 19.0. The summed E-state index contributed by atoms with van der Waals surface area (Å²) in [4.78, 5) is 38.6. The zero-order chi connectivity index (χ0) is 27.2. The number of allylic oxidation sites excluding steroid dienone is 2. The number of hydrogen-bond acceptors (Lipinski definition) is 6. The minimum atomic E-state index is -0.965. The van der Waals surface area contributed by atoms with Crippen LogP contribution in [0, 0.1) is 11.8 Å². The van der Waals surface area contributed by atoms with Crippen LogP contribution in [0.3, 0.4) is 0 Å². The van der Waals surface area contributed by atoms with Crippen LogP contribution in [-0.4, -0.2) is 36.1 Å². The van der Waals surface area contributed by atoms with Gasteiger partial charge in [0.05, 0.1) is 11.8 Å². The number of carboxylic acid groups (broad SMARTS) is 1. The summed E-state index contributed by atoms with van der Waals surface area (Å²) >= 11 is 1.39. The molecule has 5 rings (SSSR count). The second kappa shape index (κ2) is 12.1. The molecule has 0 fully saturated rings. The highest BCUT2D eigenvalue weighted by atomic mass is 32.2. The summed E-state index contributed by atoms with van der Waals surface area (Å²) < 4.78 is 11.2. The maximum Gasteiger partial charge on any atom is 0.307 e. The largest absolute Gasteiger partial charge is 0.486 e. The third kappa shape index (κ3) is 6.43. The number of carbonyl (C=O) groups is 3. The predicted molar refractivity (Wildman–Crippen MR) is 149 cm³/mol. The molecule has 1 heterocycles. The fraction of sp³-hybridized carbons (Fsp3) is 0.233. The quantitative estimate of drug-likeness (QED) is 0.252. The molecule has 1 aliphatic carbocycles. The van der Waals surface area contributed by atoms with E-state index in [0.717, 1.165) is 10.5 Å². The van der Waals surface area contributed by atoms with Crippen molar-refractivity contribution in [2.75, 3.05) is 23.8 Å². The standard InChI is InChI=1S/C30H28N2O6S/c33-28(23-8-4-5-9-24(23)30(35)36)31-20-10-13-22(14-11-20)39-27(19-6-2-1-3-7-19)29(34)32-21-12-15-25-26(18-21)38-17-16-37-25/h1-7,10-15,18,23-24,27H,8-9,16-17H2,(H,31,33)(H,32,34)(H,35,36)/t23-,24-,27+/m0/s1. The molecule has 3 atom stereocenters. The van der Waals surface area contributed by atoms with Gasteiger partial charge in [0.2, 0.25) is 11.8 Å². The average molecular weight is 545 g/mol. The summed E-state index contributed by atoms with van der Waals surface area (Å²) in [6, 6.07) is 22.0. The van der Waals surface area contributed by atoms with Gasteiger partial charge >= 0.3 is 5.97 Å². The molecule has 0 radical (unpaired) electrons. The summed E-state index contributed by atoms with van der Waals surface area (Å²) in [6.07, 6.45) is 4.40. The molecule has 3 N–H and O–H groups in total. The minimum absolute atomic E-state index is 0.190. The number of fused-ring (bicyclic) bond motifs is 1. The smallest absolute Gasteiger partial charge is 0.307 e. The summed E-state index contributed by atoms with van der Waals surface area (Å²) in [7, 11) is 0. The van der Waals surface area contributed by atoms with E-state index in [4.69, 9.17) is 9.47 Å². The first-order valence-corrected chi connectivity index (χ1v) is 13.6. The molecule has 8 nitrogen and oxygen atoms in total. The Kier molecular flexibility index (Phi) is 8.17. The highest BCUT2D eigenvalue weighted by molar-refractivity contribution is 8.00. The summed E-state index contributed by atoms with van der Waals surface area (Å²) in [5.74, 6) is -1.57. The molecular formula is C30H28N2O6S. The lowest BCUT2D eigenvalue weighted by molar-refractivity contribution is -0.146. The fourth-order valence-corrected chi connectivity index (χ4v) is 5.62. The number of rotatable bonds is 8. The van der Waals surface area contributed by atoms with Gasteiger partial charge in [0.15, 0.2) is 11.5 Å². The Morgan fingerprint density at radius 1 is 0.795 bits per heavy atom. The SMILES string of the molecule is O=C(O)[C@H]1CC=CC[C@@H]1C(=O)Nc1ccc(S[C@@H](C(=O)Nc2ccc3c(c2)OCCO3)c2ccccc2)cc1. The normalized spacial score (nSPS) is 18.6. The molecule has 0 unspecified atom stereocenters. The van der Waals surface area contributed by atoms with Gasteiger partial charge in [-0.05, 0) is 54.8 Å². The number of carboxylic acids is 1. The Morgan fingerprint density at radius 3 is 2.18 bits per heavy atom. The van der Waals surface area contributed by atoms with Crippen molar-refractivity contribution in [3.05, 3.63) is 90.5 Å². The molecule has 2 amide bonds. The van der Waals surface area contributed by atoms with E-state index in [9.17, 15) is 19.5 Å². The lowest BCUT2D eigenvalue weighted by Crippen LogP contribution is -2.34. The molecule has 1 aliphatic heterocycles. The van der Waals surface area contributed by atoms with Crippen molar-refractivity contribution in [3.8, 4) is 11.5 Å². The van der Waals surface area contributed by atoms with Crippen LogP contribution < -0.4 is 20.1 Å². The van der Waals surface area contributed by atoms with Crippen LogP contribution >= 0.6 is 11.8 Å². The molecule has 0 spiro atoms. The Morgan fingerprint density at radius 2 is 1.46 bits per heavy atom. The molecule has 0 saturated heterocycles. The van der Waals surface area contributed by atoms with Gasteiger partial charge in [-0.2, -0.15) is 0 Å². The first kappa shape index (κ1) is 26.4. The van der Waals surface area contributed by atoms with Crippen molar-refractivity contribution in [3.63, 3.8) is 0 Å². The molecule has 200 valence electrons. The van der Waals surface area contributed by atoms with Crippen LogP contribution in [0.15, 0.2) is 89.8 Å². The van der Waals surface area contributed by atoms with E-state index in [1.54, 1.807) is 30.3 Å². The second-order valence-electron chi connectivity index (χ2n) is 9.26. The zero-order valence-electron chi connectivity index (χ0n) is 21.0. The topological polar surface area (TPSA) is 114 Å². The summed E-state index contributed by atoms with van der Waals surface area (Å²) in [6.45, 7) is 0.954. The van der Waals surface area contributed by atoms with Gasteiger partial charge in [-0.3, -0.25) is 14.4 Å². The molecule has 0 bridgehead atoms. The fourth-order valence-electron chi connectivity index (χ4n) is 4.59. The number of anilines is 2. The van der Waals surface area contributed by atoms with Crippen molar-refractivity contribution in [1.82, 2.24) is 0 Å². The Balaban J connectivity index is 1.28. The van der Waals surface area contributed by atoms with E-state index in [2.05, 4.69) is 10.6 Å². The van der Waals surface area contributed by atoms with E-state index in [1.165, 1.54) is 11.8 Å². The van der Waals surface area contributed by atoms with Crippen LogP contribution in [0.1, 0.15) is 23.7 Å². The zero-order valence-corrected chi connectivity index (χ0v) is 21.9. The molecule has 39 heavy (non-hydrogen) atoms. The van der Waals surface area contributed by atoms with E-state index in [1.807, 2.05) is 54.6 Å². The summed E-state index contributed by atoms with van der Waals surface area (Å²) in [5.41, 5.74) is 2.03. The van der Waals surface area contributed by atoms with Gasteiger partial charge in [0, 0.05) is 22.3 Å². The number of thioether (sulfide) groups is 1. The van der Waals surface area contributed by atoms with Gasteiger partial charge in [-0.15, -0.1) is 11.8 Å². The number of carbonyl (C=O) groups excluding carboxylic acids is 2. The van der Waals surface area contributed by atoms with Crippen molar-refractivity contribution in [2.45, 2.75) is 23.0 Å². The van der Waals surface area contributed by atoms with Gasteiger partial charge in [-0.1, -0.05) is 42.5 Å². The highest BCUT2D eigenvalue weighted by Crippen LogP contribution is 2.38. The van der Waals surface area contributed by atoms with E-state index < -0.39 is 23.1 Å². The van der Waals surface area contributed by atoms with Crippen LogP contribution in [0.5, 0.6) is 11.5 Å². The lowest BCUT2D eigenvalue weighted by atomic mass is 9.82. The van der Waals surface area contributed by atoms with Crippen molar-refractivity contribution in [1.29, 1.82) is 0 Å². The monoisotopic (exact) mass is 544 g/mol. The van der Waals surface area contributed by atoms with E-state index in [0.29, 0.717) is 48.9 Å². The van der Waals surface area contributed by atoms with Gasteiger partial charge < -0.3 is 25.2 Å². The predicted octanol–water partition coefficient (Wildman–Crippen LogP) is 5.54. The first-order valence-electron chi connectivity index (χ1n) is 12.7. The van der Waals surface area contributed by atoms with E-state index >= 15 is 0 Å². The molecule has 2 aliphatic rings. The number of amides is 2. The second-order valence-corrected chi connectivity index (χ2v) is 10.4. The molecule has 3 aromatic rings. The van der Waals surface area contributed by atoms with Crippen LogP contribution in [-0.2, 0) is 14.4 Å². The molecular weight excluding hydrogens is 516 g/mol. The molecule has 3 aromatic carbocycles. The van der Waals surface area contributed by atoms with E-state index in [-0.39, 0.29) is 11.8 Å².